The zero-order valence-electron chi connectivity index (χ0n) is 13.5. The fraction of sp³-hybridized carbons (Fsp3) is 0.467. The summed E-state index contributed by atoms with van der Waals surface area (Å²) in [5, 5.41) is 0. The third kappa shape index (κ3) is 3.01. The van der Waals surface area contributed by atoms with Crippen molar-refractivity contribution in [3.8, 4) is 0 Å². The number of anilines is 1. The van der Waals surface area contributed by atoms with Gasteiger partial charge in [0, 0.05) is 19.2 Å². The fourth-order valence-electron chi connectivity index (χ4n) is 3.15. The number of ether oxygens (including phenoxy) is 1. The van der Waals surface area contributed by atoms with Crippen LogP contribution in [0.25, 0.3) is 0 Å². The molecule has 2 atom stereocenters. The number of fused-ring (bicyclic) bond motifs is 1. The topological polar surface area (TPSA) is 87.2 Å². The van der Waals surface area contributed by atoms with Crippen molar-refractivity contribution in [2.75, 3.05) is 12.0 Å². The molecule has 0 fully saturated rings. The van der Waals surface area contributed by atoms with E-state index in [4.69, 9.17) is 4.74 Å². The largest absolute Gasteiger partial charge is 0.468 e. The zero-order chi connectivity index (χ0) is 17.4. The third-order valence-corrected chi connectivity index (χ3v) is 4.77. The van der Waals surface area contributed by atoms with Gasteiger partial charge in [0.25, 0.3) is 0 Å². The van der Waals surface area contributed by atoms with Crippen LogP contribution in [-0.2, 0) is 32.1 Å². The van der Waals surface area contributed by atoms with Crippen molar-refractivity contribution >= 4 is 28.8 Å². The van der Waals surface area contributed by atoms with E-state index in [9.17, 15) is 18.4 Å². The van der Waals surface area contributed by atoms with Gasteiger partial charge >= 0.3 is 5.97 Å². The summed E-state index contributed by atoms with van der Waals surface area (Å²) in [6.07, 6.45) is 0. The first-order valence-corrected chi connectivity index (χ1v) is 8.12. The highest BCUT2D eigenvalue weighted by Gasteiger charge is 2.50. The lowest BCUT2D eigenvalue weighted by Gasteiger charge is -2.42. The Hall–Kier alpha value is -1.77. The van der Waals surface area contributed by atoms with Crippen LogP contribution in [0, 0.1) is 0 Å². The maximum atomic E-state index is 12.3. The standard InChI is InChI=1S/C15H20N2O5S/c1-10(18)17-12-8-6-5-7-11(12)9-16(23(20)21)13(14(19)22-4)15(17,2)3/h5-8,13H,9H2,1-4H3,(H,20,21). The predicted molar refractivity (Wildman–Crippen MR) is 85.8 cm³/mol. The molecule has 0 aliphatic carbocycles. The second kappa shape index (κ2) is 6.38. The summed E-state index contributed by atoms with van der Waals surface area (Å²) in [6, 6.07) is 6.00. The van der Waals surface area contributed by atoms with E-state index in [1.165, 1.54) is 18.9 Å². The van der Waals surface area contributed by atoms with Crippen LogP contribution in [0.4, 0.5) is 5.69 Å². The van der Waals surface area contributed by atoms with Crippen molar-refractivity contribution < 1.29 is 23.1 Å². The summed E-state index contributed by atoms with van der Waals surface area (Å²) < 4.78 is 27.5. The number of nitrogens with zero attached hydrogens (tertiary/aromatic N) is 2. The van der Waals surface area contributed by atoms with Crippen molar-refractivity contribution in [2.45, 2.75) is 38.9 Å². The van der Waals surface area contributed by atoms with Gasteiger partial charge in [0.2, 0.25) is 17.2 Å². The molecule has 1 aliphatic rings. The number of amides is 1. The number of carbonyl (C=O) groups is 2. The van der Waals surface area contributed by atoms with Crippen LogP contribution < -0.4 is 4.90 Å². The molecule has 2 rings (SSSR count). The Kier molecular flexibility index (Phi) is 4.88. The van der Waals surface area contributed by atoms with Crippen LogP contribution in [0.5, 0.6) is 0 Å². The van der Waals surface area contributed by atoms with Gasteiger partial charge < -0.3 is 9.64 Å². The molecule has 0 spiro atoms. The Morgan fingerprint density at radius 2 is 1.96 bits per heavy atom. The molecular formula is C15H20N2O5S. The van der Waals surface area contributed by atoms with E-state index in [1.807, 2.05) is 0 Å². The highest BCUT2D eigenvalue weighted by molar-refractivity contribution is 7.76. The Labute approximate surface area is 137 Å². The van der Waals surface area contributed by atoms with Crippen molar-refractivity contribution in [2.24, 2.45) is 0 Å². The summed E-state index contributed by atoms with van der Waals surface area (Å²) in [5.74, 6) is -0.932. The van der Waals surface area contributed by atoms with Gasteiger partial charge in [-0.2, -0.15) is 4.31 Å². The van der Waals surface area contributed by atoms with E-state index in [2.05, 4.69) is 0 Å². The van der Waals surface area contributed by atoms with Crippen molar-refractivity contribution in [3.05, 3.63) is 29.8 Å². The van der Waals surface area contributed by atoms with Crippen molar-refractivity contribution in [1.82, 2.24) is 4.31 Å². The number of esters is 1. The van der Waals surface area contributed by atoms with Gasteiger partial charge in [0.05, 0.1) is 12.6 Å². The average Bonchev–Trinajstić information content (AvgIpc) is 2.57. The molecule has 2 unspecified atom stereocenters. The molecule has 0 aromatic heterocycles. The molecule has 1 aromatic rings. The highest BCUT2D eigenvalue weighted by atomic mass is 32.2. The molecule has 1 N–H and O–H groups in total. The second-order valence-corrected chi connectivity index (χ2v) is 6.80. The first-order chi connectivity index (χ1) is 10.7. The Morgan fingerprint density at radius 3 is 2.48 bits per heavy atom. The van der Waals surface area contributed by atoms with Gasteiger partial charge in [-0.1, -0.05) is 18.2 Å². The number of carbonyl (C=O) groups excluding carboxylic acids is 2. The van der Waals surface area contributed by atoms with E-state index < -0.39 is 28.8 Å². The normalized spacial score (nSPS) is 22.0. The van der Waals surface area contributed by atoms with Gasteiger partial charge in [0.1, 0.15) is 6.04 Å². The van der Waals surface area contributed by atoms with Crippen LogP contribution in [0.15, 0.2) is 24.3 Å². The molecule has 1 aliphatic heterocycles. The van der Waals surface area contributed by atoms with Crippen molar-refractivity contribution in [1.29, 1.82) is 0 Å². The predicted octanol–water partition coefficient (Wildman–Crippen LogP) is 1.31. The summed E-state index contributed by atoms with van der Waals surface area (Å²) in [7, 11) is 1.22. The Morgan fingerprint density at radius 1 is 1.35 bits per heavy atom. The van der Waals surface area contributed by atoms with Crippen LogP contribution in [0.1, 0.15) is 26.3 Å². The number of rotatable bonds is 2. The monoisotopic (exact) mass is 340 g/mol. The lowest BCUT2D eigenvalue weighted by atomic mass is 9.92. The lowest BCUT2D eigenvalue weighted by Crippen LogP contribution is -2.62. The molecule has 0 saturated heterocycles. The minimum atomic E-state index is -2.40. The molecule has 0 radical (unpaired) electrons. The number of para-hydroxylation sites is 1. The van der Waals surface area contributed by atoms with Gasteiger partial charge in [-0.25, -0.2) is 4.21 Å². The smallest absolute Gasteiger partial charge is 0.326 e. The van der Waals surface area contributed by atoms with Crippen LogP contribution in [-0.4, -0.2) is 43.6 Å². The van der Waals surface area contributed by atoms with Gasteiger partial charge in [-0.05, 0) is 25.5 Å². The maximum Gasteiger partial charge on any atom is 0.326 e. The second-order valence-electron chi connectivity index (χ2n) is 5.87. The van der Waals surface area contributed by atoms with Gasteiger partial charge in [-0.3, -0.25) is 14.1 Å². The van der Waals surface area contributed by atoms with Gasteiger partial charge in [-0.15, -0.1) is 0 Å². The maximum absolute atomic E-state index is 12.3. The minimum Gasteiger partial charge on any atom is -0.468 e. The first-order valence-electron chi connectivity index (χ1n) is 7.06. The summed E-state index contributed by atoms with van der Waals surface area (Å²) in [4.78, 5) is 26.1. The fourth-order valence-corrected chi connectivity index (χ4v) is 3.92. The molecule has 0 bridgehead atoms. The molecule has 0 saturated carbocycles. The van der Waals surface area contributed by atoms with E-state index >= 15 is 0 Å². The molecule has 1 aromatic carbocycles. The number of hydrogen-bond donors (Lipinski definition) is 1. The zero-order valence-corrected chi connectivity index (χ0v) is 14.3. The van der Waals surface area contributed by atoms with Crippen LogP contribution in [0.2, 0.25) is 0 Å². The summed E-state index contributed by atoms with van der Waals surface area (Å²) in [6.45, 7) is 4.81. The summed E-state index contributed by atoms with van der Waals surface area (Å²) >= 11 is -2.40. The molecule has 23 heavy (non-hydrogen) atoms. The van der Waals surface area contributed by atoms with Crippen LogP contribution in [0.3, 0.4) is 0 Å². The lowest BCUT2D eigenvalue weighted by molar-refractivity contribution is -0.147. The molecule has 126 valence electrons. The van der Waals surface area contributed by atoms with Crippen LogP contribution >= 0.6 is 0 Å². The third-order valence-electron chi connectivity index (χ3n) is 4.03. The van der Waals surface area contributed by atoms with Crippen molar-refractivity contribution in [3.63, 3.8) is 0 Å². The van der Waals surface area contributed by atoms with E-state index in [1.54, 1.807) is 38.1 Å². The summed E-state index contributed by atoms with van der Waals surface area (Å²) in [5.41, 5.74) is 0.223. The first kappa shape index (κ1) is 17.6. The van der Waals surface area contributed by atoms with E-state index in [-0.39, 0.29) is 12.5 Å². The Bertz CT molecular complexity index is 661. The quantitative estimate of drug-likeness (QED) is 0.648. The minimum absolute atomic E-state index is 0.0479. The number of methoxy groups -OCH3 is 1. The average molecular weight is 340 g/mol. The van der Waals surface area contributed by atoms with E-state index in [0.29, 0.717) is 11.3 Å². The molecule has 8 heteroatoms. The molecule has 7 nitrogen and oxygen atoms in total. The molecule has 1 amide bonds. The highest BCUT2D eigenvalue weighted by Crippen LogP contribution is 2.37. The molecular weight excluding hydrogens is 320 g/mol. The SMILES string of the molecule is COC(=O)C1N(S(=O)O)Cc2ccccc2N(C(C)=O)C1(C)C. The number of hydrogen-bond acceptors (Lipinski definition) is 4. The molecule has 1 heterocycles. The number of benzene rings is 1. The Balaban J connectivity index is 2.73. The van der Waals surface area contributed by atoms with E-state index in [0.717, 1.165) is 4.31 Å². The van der Waals surface area contributed by atoms with Gasteiger partial charge in [0.15, 0.2) is 0 Å².